The number of benzene rings is 2. The van der Waals surface area contributed by atoms with E-state index in [0.29, 0.717) is 5.69 Å². The summed E-state index contributed by atoms with van der Waals surface area (Å²) in [5, 5.41) is 4.44. The maximum Gasteiger partial charge on any atom is 0.253 e. The van der Waals surface area contributed by atoms with Crippen molar-refractivity contribution < 1.29 is 9.59 Å². The second kappa shape index (κ2) is 6.79. The molecule has 3 fully saturated rings. The smallest absolute Gasteiger partial charge is 0.253 e. The van der Waals surface area contributed by atoms with Gasteiger partial charge in [0, 0.05) is 17.6 Å². The molecule has 0 radical (unpaired) electrons. The number of rotatable bonds is 2. The first-order valence-electron chi connectivity index (χ1n) is 9.79. The number of hydrogen-bond acceptors (Lipinski definition) is 4. The molecule has 3 aliphatic rings. The first-order valence-corrected chi connectivity index (χ1v) is 10.6. The molecule has 2 aromatic carbocycles. The van der Waals surface area contributed by atoms with Crippen LogP contribution in [0.4, 0.5) is 5.69 Å². The minimum Gasteiger partial charge on any atom is -0.274 e. The van der Waals surface area contributed by atoms with E-state index < -0.39 is 6.04 Å². The van der Waals surface area contributed by atoms with Crippen molar-refractivity contribution in [3.63, 3.8) is 0 Å². The van der Waals surface area contributed by atoms with Crippen LogP contribution in [0.25, 0.3) is 0 Å². The summed E-state index contributed by atoms with van der Waals surface area (Å²) in [4.78, 5) is 28.3. The van der Waals surface area contributed by atoms with E-state index in [-0.39, 0.29) is 23.8 Å². The van der Waals surface area contributed by atoms with Crippen LogP contribution in [0.2, 0.25) is 0 Å². The minimum absolute atomic E-state index is 0.0807. The van der Waals surface area contributed by atoms with Crippen LogP contribution in [-0.2, 0) is 9.59 Å². The zero-order valence-corrected chi connectivity index (χ0v) is 17.3. The summed E-state index contributed by atoms with van der Waals surface area (Å²) in [5.74, 6) is -0.548. The Morgan fingerprint density at radius 3 is 2.07 bits per heavy atom. The van der Waals surface area contributed by atoms with Gasteiger partial charge in [-0.1, -0.05) is 45.8 Å². The molecule has 0 bridgehead atoms. The van der Waals surface area contributed by atoms with E-state index >= 15 is 0 Å². The lowest BCUT2D eigenvalue weighted by atomic mass is 9.90. The molecule has 0 unspecified atom stereocenters. The van der Waals surface area contributed by atoms with E-state index in [9.17, 15) is 9.59 Å². The fourth-order valence-corrected chi connectivity index (χ4v) is 5.14. The molecule has 0 N–H and O–H groups in total. The number of amides is 2. The Balaban J connectivity index is 1.58. The van der Waals surface area contributed by atoms with E-state index in [1.54, 1.807) is 0 Å². The third-order valence-electron chi connectivity index (χ3n) is 6.16. The lowest BCUT2D eigenvalue weighted by molar-refractivity contribution is -0.130. The minimum atomic E-state index is -0.400. The largest absolute Gasteiger partial charge is 0.274 e. The molecule has 0 aromatic heterocycles. The third kappa shape index (κ3) is 2.66. The predicted octanol–water partition coefficient (Wildman–Crippen LogP) is 3.68. The molecule has 0 saturated carbocycles. The third-order valence-corrected chi connectivity index (χ3v) is 6.69. The zero-order chi connectivity index (χ0) is 19.4. The number of halogens is 1. The zero-order valence-electron chi connectivity index (χ0n) is 15.7. The Bertz CT molecular complexity index is 928. The van der Waals surface area contributed by atoms with Crippen molar-refractivity contribution in [2.24, 2.45) is 5.92 Å². The summed E-state index contributed by atoms with van der Waals surface area (Å²) in [5.41, 5.74) is 2.96. The first kappa shape index (κ1) is 18.0. The average Bonchev–Trinajstić information content (AvgIpc) is 3.17. The maximum absolute atomic E-state index is 13.5. The van der Waals surface area contributed by atoms with Crippen LogP contribution in [0.3, 0.4) is 0 Å². The normalized spacial score (nSPS) is 27.9. The monoisotopic (exact) mass is 439 g/mol. The van der Waals surface area contributed by atoms with E-state index in [4.69, 9.17) is 0 Å². The highest BCUT2D eigenvalue weighted by atomic mass is 79.9. The predicted molar refractivity (Wildman–Crippen MR) is 110 cm³/mol. The molecule has 0 aliphatic carbocycles. The van der Waals surface area contributed by atoms with Crippen molar-refractivity contribution in [1.29, 1.82) is 0 Å². The number of aryl methyl sites for hydroxylation is 1. The number of fused-ring (bicyclic) bond motifs is 3. The van der Waals surface area contributed by atoms with E-state index in [1.807, 2.05) is 24.3 Å². The summed E-state index contributed by atoms with van der Waals surface area (Å²) in [7, 11) is 0. The Morgan fingerprint density at radius 2 is 1.43 bits per heavy atom. The highest BCUT2D eigenvalue weighted by Crippen LogP contribution is 2.48. The van der Waals surface area contributed by atoms with E-state index in [1.165, 1.54) is 10.5 Å². The van der Waals surface area contributed by atoms with Gasteiger partial charge in [0.05, 0.1) is 17.6 Å². The van der Waals surface area contributed by atoms with Crippen LogP contribution in [0.1, 0.15) is 30.0 Å². The summed E-state index contributed by atoms with van der Waals surface area (Å²) in [6.45, 7) is 3.79. The Morgan fingerprint density at radius 1 is 0.821 bits per heavy atom. The topological polar surface area (TPSA) is 43.9 Å². The van der Waals surface area contributed by atoms with Crippen LogP contribution >= 0.6 is 15.9 Å². The molecule has 3 atom stereocenters. The second-order valence-corrected chi connectivity index (χ2v) is 8.76. The van der Waals surface area contributed by atoms with Crippen molar-refractivity contribution in [1.82, 2.24) is 10.0 Å². The van der Waals surface area contributed by atoms with Crippen LogP contribution < -0.4 is 4.90 Å². The lowest BCUT2D eigenvalue weighted by Gasteiger charge is -2.38. The lowest BCUT2D eigenvalue weighted by Crippen LogP contribution is -2.50. The number of hydrazine groups is 1. The summed E-state index contributed by atoms with van der Waals surface area (Å²) in [6, 6.07) is 15.3. The molecule has 28 heavy (non-hydrogen) atoms. The molecule has 2 amide bonds. The molecule has 2 aromatic rings. The molecule has 5 rings (SSSR count). The second-order valence-electron chi connectivity index (χ2n) is 7.85. The van der Waals surface area contributed by atoms with Gasteiger partial charge in [0.15, 0.2) is 0 Å². The number of imide groups is 1. The number of hydrogen-bond donors (Lipinski definition) is 0. The molecule has 3 aliphatic heterocycles. The average molecular weight is 440 g/mol. The number of carbonyl (C=O) groups is 2. The van der Waals surface area contributed by atoms with Crippen LogP contribution in [0, 0.1) is 12.8 Å². The molecule has 3 saturated heterocycles. The van der Waals surface area contributed by atoms with Gasteiger partial charge in [-0.2, -0.15) is 0 Å². The van der Waals surface area contributed by atoms with Crippen molar-refractivity contribution in [3.8, 4) is 0 Å². The van der Waals surface area contributed by atoms with Gasteiger partial charge in [0.25, 0.3) is 5.91 Å². The van der Waals surface area contributed by atoms with Gasteiger partial charge in [0.1, 0.15) is 6.04 Å². The van der Waals surface area contributed by atoms with Gasteiger partial charge in [-0.05, 0) is 49.6 Å². The van der Waals surface area contributed by atoms with Gasteiger partial charge in [-0.25, -0.2) is 14.9 Å². The van der Waals surface area contributed by atoms with Gasteiger partial charge in [0.2, 0.25) is 5.91 Å². The maximum atomic E-state index is 13.5. The van der Waals surface area contributed by atoms with E-state index in [2.05, 4.69) is 57.1 Å². The van der Waals surface area contributed by atoms with Crippen LogP contribution in [-0.4, -0.2) is 41.0 Å². The number of nitrogens with zero attached hydrogens (tertiary/aromatic N) is 3. The van der Waals surface area contributed by atoms with Crippen molar-refractivity contribution in [2.75, 3.05) is 18.0 Å². The van der Waals surface area contributed by atoms with Gasteiger partial charge >= 0.3 is 0 Å². The molecule has 5 nitrogen and oxygen atoms in total. The Labute approximate surface area is 173 Å². The number of carbonyl (C=O) groups excluding carboxylic acids is 2. The summed E-state index contributed by atoms with van der Waals surface area (Å²) in [6.07, 6.45) is 2.15. The Hall–Kier alpha value is -2.02. The standard InChI is InChI=1S/C22H22BrN3O2/c1-14-4-6-15(7-5-14)19-18-20(25-13-3-2-12-24(19)25)22(28)26(21(18)27)17-10-8-16(23)9-11-17/h4-11,18-20H,2-3,12-13H2,1H3/t18-,19+,20+/m0/s1. The van der Waals surface area contributed by atoms with Crippen molar-refractivity contribution in [2.45, 2.75) is 31.8 Å². The van der Waals surface area contributed by atoms with Crippen molar-refractivity contribution >= 4 is 33.4 Å². The van der Waals surface area contributed by atoms with Crippen LogP contribution in [0.15, 0.2) is 53.0 Å². The fraction of sp³-hybridized carbons (Fsp3) is 0.364. The Kier molecular flexibility index (Phi) is 4.38. The van der Waals surface area contributed by atoms with Gasteiger partial charge < -0.3 is 0 Å². The molecule has 3 heterocycles. The molecule has 144 valence electrons. The van der Waals surface area contributed by atoms with Crippen molar-refractivity contribution in [3.05, 3.63) is 64.1 Å². The van der Waals surface area contributed by atoms with Crippen LogP contribution in [0.5, 0.6) is 0 Å². The van der Waals surface area contributed by atoms with Gasteiger partial charge in [-0.15, -0.1) is 0 Å². The number of anilines is 1. The first-order chi connectivity index (χ1) is 13.6. The fourth-order valence-electron chi connectivity index (χ4n) is 4.87. The molecule has 6 heteroatoms. The highest BCUT2D eigenvalue weighted by Gasteiger charge is 2.62. The summed E-state index contributed by atoms with van der Waals surface area (Å²) < 4.78 is 0.926. The van der Waals surface area contributed by atoms with Gasteiger partial charge in [-0.3, -0.25) is 9.59 Å². The molecule has 0 spiro atoms. The molecular weight excluding hydrogens is 418 g/mol. The molecular formula is C22H22BrN3O2. The summed E-state index contributed by atoms with van der Waals surface area (Å²) >= 11 is 3.42. The highest BCUT2D eigenvalue weighted by molar-refractivity contribution is 9.10. The SMILES string of the molecule is Cc1ccc([C@@H]2[C@@H]3C(=O)N(c4ccc(Br)cc4)C(=O)[C@@H]3N3CCCCN23)cc1. The van der Waals surface area contributed by atoms with E-state index in [0.717, 1.165) is 36.0 Å². The quantitative estimate of drug-likeness (QED) is 0.669.